The quantitative estimate of drug-likeness (QED) is 0.581. The Morgan fingerprint density at radius 3 is 2.21 bits per heavy atom. The van der Waals surface area contributed by atoms with Gasteiger partial charge < -0.3 is 10.6 Å². The van der Waals surface area contributed by atoms with Gasteiger partial charge >= 0.3 is 0 Å². The minimum absolute atomic E-state index is 0.0805. The first-order valence-corrected chi connectivity index (χ1v) is 9.85. The van der Waals surface area contributed by atoms with Crippen LogP contribution in [-0.4, -0.2) is 16.8 Å². The maximum Gasteiger partial charge on any atom is 0.228 e. The Morgan fingerprint density at radius 2 is 1.57 bits per heavy atom. The van der Waals surface area contributed by atoms with Crippen LogP contribution >= 0.6 is 11.8 Å². The molecule has 0 saturated carbocycles. The van der Waals surface area contributed by atoms with Crippen LogP contribution in [0.15, 0.2) is 78.0 Å². The van der Waals surface area contributed by atoms with Crippen LogP contribution in [0.5, 0.6) is 0 Å². The van der Waals surface area contributed by atoms with Gasteiger partial charge in [0, 0.05) is 41.3 Å². The molecule has 0 aliphatic rings. The molecular formula is C22H21N3O2S. The van der Waals surface area contributed by atoms with Crippen LogP contribution in [-0.2, 0) is 21.8 Å². The highest BCUT2D eigenvalue weighted by Crippen LogP contribution is 2.24. The molecule has 0 aliphatic carbocycles. The van der Waals surface area contributed by atoms with Gasteiger partial charge in [0.15, 0.2) is 0 Å². The zero-order valence-electron chi connectivity index (χ0n) is 15.5. The second-order valence-corrected chi connectivity index (χ2v) is 7.33. The largest absolute Gasteiger partial charge is 0.326 e. The topological polar surface area (TPSA) is 71.1 Å². The Balaban J connectivity index is 1.49. The van der Waals surface area contributed by atoms with Crippen LogP contribution in [0, 0.1) is 0 Å². The first-order valence-electron chi connectivity index (χ1n) is 8.86. The van der Waals surface area contributed by atoms with Crippen molar-refractivity contribution in [1.82, 2.24) is 4.98 Å². The van der Waals surface area contributed by atoms with Gasteiger partial charge in [-0.15, -0.1) is 11.8 Å². The van der Waals surface area contributed by atoms with E-state index in [9.17, 15) is 9.59 Å². The number of nitrogens with one attached hydrogen (secondary N) is 2. The summed E-state index contributed by atoms with van der Waals surface area (Å²) in [6.07, 6.45) is 3.91. The van der Waals surface area contributed by atoms with Gasteiger partial charge in [-0.1, -0.05) is 18.2 Å². The molecule has 0 radical (unpaired) electrons. The van der Waals surface area contributed by atoms with Gasteiger partial charge in [0.05, 0.1) is 6.42 Å². The molecule has 6 heteroatoms. The fraction of sp³-hybridized carbons (Fsp3) is 0.136. The number of hydrogen-bond acceptors (Lipinski definition) is 4. The van der Waals surface area contributed by atoms with Gasteiger partial charge in [-0.25, -0.2) is 0 Å². The number of carbonyl (C=O) groups is 2. The molecule has 0 spiro atoms. The number of benzene rings is 2. The third kappa shape index (κ3) is 6.25. The van der Waals surface area contributed by atoms with E-state index in [1.165, 1.54) is 12.5 Å². The van der Waals surface area contributed by atoms with Crippen LogP contribution in [0.3, 0.4) is 0 Å². The normalized spacial score (nSPS) is 10.3. The second-order valence-electron chi connectivity index (χ2n) is 6.28. The predicted molar refractivity (Wildman–Crippen MR) is 113 cm³/mol. The van der Waals surface area contributed by atoms with E-state index in [1.807, 2.05) is 48.7 Å². The number of amides is 2. The van der Waals surface area contributed by atoms with Gasteiger partial charge in [0.2, 0.25) is 11.8 Å². The predicted octanol–water partition coefficient (Wildman–Crippen LogP) is 4.51. The Morgan fingerprint density at radius 1 is 0.893 bits per heavy atom. The van der Waals surface area contributed by atoms with E-state index in [4.69, 9.17) is 0 Å². The van der Waals surface area contributed by atoms with Crippen LogP contribution in [0.4, 0.5) is 11.4 Å². The summed E-state index contributed by atoms with van der Waals surface area (Å²) in [5.74, 6) is 0.657. The standard InChI is InChI=1S/C22H21N3O2S/c1-16(26)24-19-6-4-17(5-7-19)13-22(27)25-20-8-10-21(11-9-20)28-15-18-3-2-12-23-14-18/h2-12,14H,13,15H2,1H3,(H,24,26)(H,25,27). The zero-order chi connectivity index (χ0) is 19.8. The lowest BCUT2D eigenvalue weighted by atomic mass is 10.1. The summed E-state index contributed by atoms with van der Waals surface area (Å²) in [7, 11) is 0. The molecule has 1 aromatic heterocycles. The maximum absolute atomic E-state index is 12.2. The van der Waals surface area contributed by atoms with Gasteiger partial charge in [0.25, 0.3) is 0 Å². The van der Waals surface area contributed by atoms with E-state index >= 15 is 0 Å². The average Bonchev–Trinajstić information content (AvgIpc) is 2.69. The maximum atomic E-state index is 12.2. The summed E-state index contributed by atoms with van der Waals surface area (Å²) in [4.78, 5) is 28.5. The monoisotopic (exact) mass is 391 g/mol. The molecule has 3 aromatic rings. The van der Waals surface area contributed by atoms with E-state index < -0.39 is 0 Å². The smallest absolute Gasteiger partial charge is 0.228 e. The molecular weight excluding hydrogens is 370 g/mol. The SMILES string of the molecule is CC(=O)Nc1ccc(CC(=O)Nc2ccc(SCc3cccnc3)cc2)cc1. The Labute approximate surface area is 168 Å². The molecule has 0 unspecified atom stereocenters. The number of rotatable bonds is 7. The molecule has 28 heavy (non-hydrogen) atoms. The first kappa shape index (κ1) is 19.6. The lowest BCUT2D eigenvalue weighted by Crippen LogP contribution is -2.14. The number of aromatic nitrogens is 1. The summed E-state index contributed by atoms with van der Waals surface area (Å²) in [5, 5.41) is 5.62. The third-order valence-electron chi connectivity index (χ3n) is 3.91. The van der Waals surface area contributed by atoms with Crippen LogP contribution < -0.4 is 10.6 Å². The molecule has 2 amide bonds. The molecule has 2 N–H and O–H groups in total. The zero-order valence-corrected chi connectivity index (χ0v) is 16.3. The third-order valence-corrected chi connectivity index (χ3v) is 4.99. The number of thioether (sulfide) groups is 1. The van der Waals surface area contributed by atoms with Crippen molar-refractivity contribution in [3.8, 4) is 0 Å². The highest BCUT2D eigenvalue weighted by molar-refractivity contribution is 7.98. The summed E-state index contributed by atoms with van der Waals surface area (Å²) in [6, 6.07) is 19.0. The van der Waals surface area contributed by atoms with E-state index in [2.05, 4.69) is 21.7 Å². The molecule has 0 bridgehead atoms. The van der Waals surface area contributed by atoms with Crippen molar-refractivity contribution in [1.29, 1.82) is 0 Å². The molecule has 142 valence electrons. The summed E-state index contributed by atoms with van der Waals surface area (Å²) in [5.41, 5.74) is 3.55. The molecule has 0 aliphatic heterocycles. The fourth-order valence-corrected chi connectivity index (χ4v) is 3.42. The lowest BCUT2D eigenvalue weighted by Gasteiger charge is -2.08. The summed E-state index contributed by atoms with van der Waals surface area (Å²) >= 11 is 1.73. The van der Waals surface area contributed by atoms with Crippen molar-refractivity contribution in [2.24, 2.45) is 0 Å². The van der Waals surface area contributed by atoms with Crippen LogP contribution in [0.1, 0.15) is 18.1 Å². The Kier molecular flexibility index (Phi) is 6.81. The van der Waals surface area contributed by atoms with Crippen LogP contribution in [0.25, 0.3) is 0 Å². The molecule has 0 saturated heterocycles. The van der Waals surface area contributed by atoms with Gasteiger partial charge in [0.1, 0.15) is 0 Å². The highest BCUT2D eigenvalue weighted by Gasteiger charge is 2.05. The van der Waals surface area contributed by atoms with Crippen molar-refractivity contribution >= 4 is 35.0 Å². The van der Waals surface area contributed by atoms with Crippen molar-refractivity contribution in [3.05, 3.63) is 84.2 Å². The molecule has 2 aromatic carbocycles. The molecule has 5 nitrogen and oxygen atoms in total. The fourth-order valence-electron chi connectivity index (χ4n) is 2.58. The summed E-state index contributed by atoms with van der Waals surface area (Å²) in [6.45, 7) is 1.46. The second kappa shape index (κ2) is 9.71. The number of anilines is 2. The van der Waals surface area contributed by atoms with Gasteiger partial charge in [-0.05, 0) is 53.6 Å². The number of hydrogen-bond donors (Lipinski definition) is 2. The van der Waals surface area contributed by atoms with Crippen LogP contribution in [0.2, 0.25) is 0 Å². The molecule has 3 rings (SSSR count). The van der Waals surface area contributed by atoms with Crippen molar-refractivity contribution in [3.63, 3.8) is 0 Å². The number of carbonyl (C=O) groups excluding carboxylic acids is 2. The minimum atomic E-state index is -0.118. The average molecular weight is 391 g/mol. The number of nitrogens with zero attached hydrogens (tertiary/aromatic N) is 1. The summed E-state index contributed by atoms with van der Waals surface area (Å²) < 4.78 is 0. The minimum Gasteiger partial charge on any atom is -0.326 e. The van der Waals surface area contributed by atoms with E-state index in [1.54, 1.807) is 30.1 Å². The van der Waals surface area contributed by atoms with E-state index in [0.717, 1.165) is 27.6 Å². The Hall–Kier alpha value is -3.12. The highest BCUT2D eigenvalue weighted by atomic mass is 32.2. The van der Waals surface area contributed by atoms with Gasteiger partial charge in [-0.2, -0.15) is 0 Å². The van der Waals surface area contributed by atoms with Crippen molar-refractivity contribution in [2.75, 3.05) is 10.6 Å². The number of pyridine rings is 1. The van der Waals surface area contributed by atoms with Crippen molar-refractivity contribution in [2.45, 2.75) is 24.0 Å². The van der Waals surface area contributed by atoms with Crippen molar-refractivity contribution < 1.29 is 9.59 Å². The molecule has 1 heterocycles. The lowest BCUT2D eigenvalue weighted by molar-refractivity contribution is -0.116. The first-order chi connectivity index (χ1) is 13.6. The Bertz CT molecular complexity index is 926. The molecule has 0 fully saturated rings. The van der Waals surface area contributed by atoms with Gasteiger partial charge in [-0.3, -0.25) is 14.6 Å². The molecule has 0 atom stereocenters. The van der Waals surface area contributed by atoms with E-state index in [-0.39, 0.29) is 18.2 Å². The van der Waals surface area contributed by atoms with E-state index in [0.29, 0.717) is 0 Å².